The molecule has 3 aromatic carbocycles. The second kappa shape index (κ2) is 9.39. The number of phenolic OH excluding ortho intramolecular Hbond substituents is 1. The SMILES string of the molecule is C=C(C)c1cccc(C(C)(C)NC(=O)NCCc2ccc(O)c(-n3nc4ccccc4n3)c2)c1. The van der Waals surface area contributed by atoms with Gasteiger partial charge in [-0.05, 0) is 74.2 Å². The fraction of sp³-hybridized carbons (Fsp3) is 0.222. The molecule has 0 aliphatic carbocycles. The number of phenols is 1. The molecule has 0 saturated heterocycles. The Morgan fingerprint density at radius 3 is 2.41 bits per heavy atom. The summed E-state index contributed by atoms with van der Waals surface area (Å²) in [5.74, 6) is 0.0912. The van der Waals surface area contributed by atoms with Crippen LogP contribution in [0.5, 0.6) is 5.75 Å². The molecule has 2 amide bonds. The number of allylic oxidation sites excluding steroid dienone is 1. The number of hydrogen-bond acceptors (Lipinski definition) is 4. The van der Waals surface area contributed by atoms with Gasteiger partial charge in [0.05, 0.1) is 5.54 Å². The summed E-state index contributed by atoms with van der Waals surface area (Å²) in [5, 5.41) is 25.2. The predicted octanol–water partition coefficient (Wildman–Crippen LogP) is 4.94. The van der Waals surface area contributed by atoms with Crippen molar-refractivity contribution in [2.24, 2.45) is 0 Å². The van der Waals surface area contributed by atoms with Crippen LogP contribution >= 0.6 is 0 Å². The zero-order valence-corrected chi connectivity index (χ0v) is 19.7. The fourth-order valence-corrected chi connectivity index (χ4v) is 3.75. The summed E-state index contributed by atoms with van der Waals surface area (Å²) in [7, 11) is 0. The van der Waals surface area contributed by atoms with E-state index in [1.165, 1.54) is 4.80 Å². The molecule has 3 N–H and O–H groups in total. The lowest BCUT2D eigenvalue weighted by Gasteiger charge is -2.27. The lowest BCUT2D eigenvalue weighted by molar-refractivity contribution is 0.230. The molecule has 4 aromatic rings. The van der Waals surface area contributed by atoms with Crippen LogP contribution in [0.4, 0.5) is 4.79 Å². The molecule has 0 atom stereocenters. The molecule has 1 aromatic heterocycles. The quantitative estimate of drug-likeness (QED) is 0.368. The van der Waals surface area contributed by atoms with Gasteiger partial charge >= 0.3 is 6.03 Å². The van der Waals surface area contributed by atoms with Gasteiger partial charge in [0.1, 0.15) is 22.5 Å². The zero-order valence-electron chi connectivity index (χ0n) is 19.7. The Bertz CT molecular complexity index is 1320. The summed E-state index contributed by atoms with van der Waals surface area (Å²) < 4.78 is 0. The number of aromatic nitrogens is 3. The van der Waals surface area contributed by atoms with Gasteiger partial charge in [-0.3, -0.25) is 0 Å². The number of carbonyl (C=O) groups excluding carboxylic acids is 1. The number of benzene rings is 3. The minimum absolute atomic E-state index is 0.0912. The Hall–Kier alpha value is -4.13. The van der Waals surface area contributed by atoms with Crippen LogP contribution in [0.3, 0.4) is 0 Å². The van der Waals surface area contributed by atoms with Crippen LogP contribution in [0, 0.1) is 0 Å². The van der Waals surface area contributed by atoms with E-state index in [0.29, 0.717) is 18.7 Å². The molecule has 0 bridgehead atoms. The molecular weight excluding hydrogens is 426 g/mol. The van der Waals surface area contributed by atoms with Crippen LogP contribution in [0.15, 0.2) is 73.3 Å². The molecule has 0 radical (unpaired) electrons. The summed E-state index contributed by atoms with van der Waals surface area (Å²) in [6.07, 6.45) is 0.590. The van der Waals surface area contributed by atoms with Crippen LogP contribution in [0.2, 0.25) is 0 Å². The minimum atomic E-state index is -0.547. The number of nitrogens with zero attached hydrogens (tertiary/aromatic N) is 3. The highest BCUT2D eigenvalue weighted by Gasteiger charge is 2.23. The maximum atomic E-state index is 12.6. The zero-order chi connectivity index (χ0) is 24.3. The standard InChI is InChI=1S/C27H29N5O2/c1-18(2)20-8-7-9-21(17-20)27(3,4)29-26(34)28-15-14-19-12-13-25(33)24(16-19)32-30-22-10-5-6-11-23(22)31-32/h5-13,16-17,33H,1,14-15H2,2-4H3,(H2,28,29,34). The summed E-state index contributed by atoms with van der Waals surface area (Å²) in [5.41, 5.74) is 5.44. The largest absolute Gasteiger partial charge is 0.506 e. The number of hydrogen-bond donors (Lipinski definition) is 3. The average molecular weight is 456 g/mol. The Morgan fingerprint density at radius 2 is 1.74 bits per heavy atom. The number of urea groups is 1. The number of rotatable bonds is 7. The first-order valence-electron chi connectivity index (χ1n) is 11.2. The third-order valence-electron chi connectivity index (χ3n) is 5.74. The van der Waals surface area contributed by atoms with E-state index in [0.717, 1.165) is 33.3 Å². The Kier molecular flexibility index (Phi) is 6.36. The van der Waals surface area contributed by atoms with Gasteiger partial charge in [0.25, 0.3) is 0 Å². The number of amides is 2. The minimum Gasteiger partial charge on any atom is -0.506 e. The number of aromatic hydroxyl groups is 1. The number of carbonyl (C=O) groups is 1. The van der Waals surface area contributed by atoms with E-state index >= 15 is 0 Å². The first kappa shape index (κ1) is 23.0. The van der Waals surface area contributed by atoms with Crippen LogP contribution < -0.4 is 10.6 Å². The van der Waals surface area contributed by atoms with Crippen LogP contribution in [0.1, 0.15) is 37.5 Å². The molecule has 4 rings (SSSR count). The van der Waals surface area contributed by atoms with Crippen LogP contribution in [0.25, 0.3) is 22.3 Å². The van der Waals surface area contributed by atoms with Crippen LogP contribution in [-0.2, 0) is 12.0 Å². The van der Waals surface area contributed by atoms with E-state index in [4.69, 9.17) is 0 Å². The summed E-state index contributed by atoms with van der Waals surface area (Å²) >= 11 is 0. The first-order valence-corrected chi connectivity index (χ1v) is 11.2. The van der Waals surface area contributed by atoms with Crippen molar-refractivity contribution in [1.29, 1.82) is 0 Å². The van der Waals surface area contributed by atoms with E-state index < -0.39 is 5.54 Å². The van der Waals surface area contributed by atoms with Gasteiger partial charge in [-0.2, -0.15) is 0 Å². The maximum Gasteiger partial charge on any atom is 0.315 e. The molecule has 0 aliphatic heterocycles. The predicted molar refractivity (Wildman–Crippen MR) is 135 cm³/mol. The van der Waals surface area contributed by atoms with Gasteiger partial charge in [0.15, 0.2) is 0 Å². The van der Waals surface area contributed by atoms with E-state index in [-0.39, 0.29) is 11.8 Å². The smallest absolute Gasteiger partial charge is 0.315 e. The van der Waals surface area contributed by atoms with E-state index in [9.17, 15) is 9.90 Å². The summed E-state index contributed by atoms with van der Waals surface area (Å²) in [6, 6.07) is 20.6. The second-order valence-electron chi connectivity index (χ2n) is 8.92. The Labute approximate surface area is 199 Å². The highest BCUT2D eigenvalue weighted by Crippen LogP contribution is 2.24. The molecule has 0 unspecified atom stereocenters. The van der Waals surface area contributed by atoms with Gasteiger partial charge in [-0.25, -0.2) is 4.79 Å². The van der Waals surface area contributed by atoms with Crippen molar-refractivity contribution in [3.8, 4) is 11.4 Å². The van der Waals surface area contributed by atoms with Crippen molar-refractivity contribution in [1.82, 2.24) is 25.6 Å². The molecule has 174 valence electrons. The number of fused-ring (bicyclic) bond motifs is 1. The monoisotopic (exact) mass is 455 g/mol. The molecule has 1 heterocycles. The lowest BCUT2D eigenvalue weighted by atomic mass is 9.92. The molecule has 0 saturated carbocycles. The third kappa shape index (κ3) is 5.09. The normalized spacial score (nSPS) is 11.4. The van der Waals surface area contributed by atoms with E-state index in [1.807, 2.05) is 81.4 Å². The van der Waals surface area contributed by atoms with Crippen molar-refractivity contribution in [2.45, 2.75) is 32.7 Å². The van der Waals surface area contributed by atoms with Crippen LogP contribution in [-0.4, -0.2) is 32.7 Å². The van der Waals surface area contributed by atoms with Gasteiger partial charge in [-0.1, -0.05) is 48.6 Å². The first-order chi connectivity index (χ1) is 16.2. The van der Waals surface area contributed by atoms with Crippen molar-refractivity contribution in [2.75, 3.05) is 6.54 Å². The van der Waals surface area contributed by atoms with E-state index in [1.54, 1.807) is 6.07 Å². The topological polar surface area (TPSA) is 92.1 Å². The maximum absolute atomic E-state index is 12.6. The lowest BCUT2D eigenvalue weighted by Crippen LogP contribution is -2.46. The van der Waals surface area contributed by atoms with Gasteiger partial charge in [-0.15, -0.1) is 15.0 Å². The van der Waals surface area contributed by atoms with Crippen molar-refractivity contribution in [3.63, 3.8) is 0 Å². The Morgan fingerprint density at radius 1 is 1.03 bits per heavy atom. The summed E-state index contributed by atoms with van der Waals surface area (Å²) in [4.78, 5) is 14.0. The number of nitrogens with one attached hydrogen (secondary N) is 2. The highest BCUT2D eigenvalue weighted by atomic mass is 16.3. The summed E-state index contributed by atoms with van der Waals surface area (Å²) in [6.45, 7) is 10.3. The van der Waals surface area contributed by atoms with Crippen molar-refractivity contribution >= 4 is 22.6 Å². The molecule has 0 spiro atoms. The van der Waals surface area contributed by atoms with Gasteiger partial charge < -0.3 is 15.7 Å². The molecular formula is C27H29N5O2. The van der Waals surface area contributed by atoms with Crippen molar-refractivity contribution in [3.05, 3.63) is 90.0 Å². The molecule has 0 aliphatic rings. The molecule has 0 fully saturated rings. The van der Waals surface area contributed by atoms with Gasteiger partial charge in [0, 0.05) is 6.54 Å². The third-order valence-corrected chi connectivity index (χ3v) is 5.74. The molecule has 34 heavy (non-hydrogen) atoms. The van der Waals surface area contributed by atoms with Gasteiger partial charge in [0.2, 0.25) is 0 Å². The van der Waals surface area contributed by atoms with E-state index in [2.05, 4.69) is 27.4 Å². The van der Waals surface area contributed by atoms with Crippen molar-refractivity contribution < 1.29 is 9.90 Å². The molecule has 7 nitrogen and oxygen atoms in total. The highest BCUT2D eigenvalue weighted by molar-refractivity contribution is 5.75. The molecule has 7 heteroatoms. The fourth-order valence-electron chi connectivity index (χ4n) is 3.75. The Balaban J connectivity index is 1.38. The average Bonchev–Trinajstić information content (AvgIpc) is 3.24. The second-order valence-corrected chi connectivity index (χ2v) is 8.92.